The number of nitrogens with one attached hydrogen (secondary N) is 1. The van der Waals surface area contributed by atoms with Gasteiger partial charge in [-0.3, -0.25) is 0 Å². The summed E-state index contributed by atoms with van der Waals surface area (Å²) in [7, 11) is 0. The maximum atomic E-state index is 12.8. The Morgan fingerprint density at radius 3 is 3.00 bits per heavy atom. The molecule has 0 bridgehead atoms. The van der Waals surface area contributed by atoms with Crippen molar-refractivity contribution in [1.29, 1.82) is 0 Å². The van der Waals surface area contributed by atoms with Crippen molar-refractivity contribution in [1.82, 2.24) is 19.8 Å². The summed E-state index contributed by atoms with van der Waals surface area (Å²) in [6.45, 7) is 2.15. The summed E-state index contributed by atoms with van der Waals surface area (Å²) >= 11 is 1.94. The highest BCUT2D eigenvalue weighted by Crippen LogP contribution is 2.31. The molecule has 2 aromatic heterocycles. The summed E-state index contributed by atoms with van der Waals surface area (Å²) in [5.41, 5.74) is 0.335. The monoisotopic (exact) mass is 313 g/mol. The van der Waals surface area contributed by atoms with Gasteiger partial charge in [-0.25, -0.2) is 8.78 Å². The third kappa shape index (κ3) is 2.95. The summed E-state index contributed by atoms with van der Waals surface area (Å²) in [4.78, 5) is 0. The van der Waals surface area contributed by atoms with E-state index in [0.717, 1.165) is 16.7 Å². The largest absolute Gasteiger partial charge is 0.365 e. The topological polar surface area (TPSA) is 55.1 Å². The molecule has 0 amide bonds. The third-order valence-corrected chi connectivity index (χ3v) is 4.97. The highest BCUT2D eigenvalue weighted by molar-refractivity contribution is 7.99. The smallest absolute Gasteiger partial charge is 0.299 e. The van der Waals surface area contributed by atoms with E-state index in [-0.39, 0.29) is 0 Å². The maximum Gasteiger partial charge on any atom is 0.299 e. The molecule has 0 aromatic carbocycles. The van der Waals surface area contributed by atoms with Crippen LogP contribution in [0.3, 0.4) is 0 Å². The van der Waals surface area contributed by atoms with Crippen LogP contribution < -0.4 is 5.32 Å². The fourth-order valence-electron chi connectivity index (χ4n) is 2.71. The molecular weight excluding hydrogens is 296 g/mol. The fraction of sp³-hybridized carbons (Fsp3) is 0.615. The number of alkyl halides is 2. The first-order valence-electron chi connectivity index (χ1n) is 7.07. The normalized spacial score (nSPS) is 22.3. The van der Waals surface area contributed by atoms with E-state index in [4.69, 9.17) is 0 Å². The van der Waals surface area contributed by atoms with Crippen LogP contribution in [0.5, 0.6) is 0 Å². The van der Waals surface area contributed by atoms with Gasteiger partial charge >= 0.3 is 0 Å². The van der Waals surface area contributed by atoms with Crippen LogP contribution in [0.1, 0.15) is 38.4 Å². The summed E-state index contributed by atoms with van der Waals surface area (Å²) in [6, 6.07) is 3.77. The number of hydrogen-bond donors (Lipinski definition) is 1. The Hall–Kier alpha value is -1.44. The Balaban J connectivity index is 1.82. The van der Waals surface area contributed by atoms with E-state index in [1.54, 1.807) is 12.1 Å². The van der Waals surface area contributed by atoms with Crippen LogP contribution in [0.4, 0.5) is 14.6 Å². The van der Waals surface area contributed by atoms with Gasteiger partial charge in [0.1, 0.15) is 5.82 Å². The Morgan fingerprint density at radius 2 is 2.24 bits per heavy atom. The molecule has 1 N–H and O–H groups in total. The third-order valence-electron chi connectivity index (χ3n) is 3.65. The molecule has 0 spiro atoms. The molecule has 0 radical (unpaired) electrons. The Morgan fingerprint density at radius 1 is 1.38 bits per heavy atom. The number of halogens is 2. The number of thioether (sulfide) groups is 1. The van der Waals surface area contributed by atoms with Crippen LogP contribution in [0.2, 0.25) is 0 Å². The molecule has 1 fully saturated rings. The zero-order chi connectivity index (χ0) is 14.8. The van der Waals surface area contributed by atoms with Crippen molar-refractivity contribution in [2.24, 2.45) is 0 Å². The van der Waals surface area contributed by atoms with Crippen molar-refractivity contribution in [3.05, 3.63) is 18.0 Å². The van der Waals surface area contributed by atoms with Crippen LogP contribution >= 0.6 is 11.8 Å². The average molecular weight is 313 g/mol. The van der Waals surface area contributed by atoms with Gasteiger partial charge in [-0.1, -0.05) is 13.3 Å². The van der Waals surface area contributed by atoms with Gasteiger partial charge in [0.2, 0.25) is 5.82 Å². The van der Waals surface area contributed by atoms with Gasteiger partial charge in [0.05, 0.1) is 0 Å². The lowest BCUT2D eigenvalue weighted by Gasteiger charge is -2.20. The zero-order valence-corrected chi connectivity index (χ0v) is 12.5. The van der Waals surface area contributed by atoms with Crippen LogP contribution in [-0.2, 0) is 0 Å². The lowest BCUT2D eigenvalue weighted by molar-refractivity contribution is 0.137. The van der Waals surface area contributed by atoms with E-state index >= 15 is 0 Å². The molecule has 1 aliphatic carbocycles. The van der Waals surface area contributed by atoms with Crippen molar-refractivity contribution in [3.63, 3.8) is 0 Å². The standard InChI is InChI=1S/C13H17F2N5S/c1-2-21-9-5-3-4-8(9)16-10-6-7-11-17-18-13(12(14)15)20(11)19-10/h6-9,12H,2-5H2,1H3,(H,16,19). The van der Waals surface area contributed by atoms with E-state index in [2.05, 4.69) is 27.5 Å². The second-order valence-corrected chi connectivity index (χ2v) is 6.54. The van der Waals surface area contributed by atoms with Crippen LogP contribution in [-0.4, -0.2) is 36.9 Å². The van der Waals surface area contributed by atoms with Gasteiger partial charge in [-0.15, -0.1) is 15.3 Å². The molecule has 0 aliphatic heterocycles. The quantitative estimate of drug-likeness (QED) is 0.919. The highest BCUT2D eigenvalue weighted by atomic mass is 32.2. The van der Waals surface area contributed by atoms with E-state index in [1.807, 2.05) is 11.8 Å². The number of nitrogens with zero attached hydrogens (tertiary/aromatic N) is 4. The number of fused-ring (bicyclic) bond motifs is 1. The molecule has 114 valence electrons. The summed E-state index contributed by atoms with van der Waals surface area (Å²) < 4.78 is 26.8. The molecule has 2 aromatic rings. The van der Waals surface area contributed by atoms with Crippen LogP contribution in [0.25, 0.3) is 5.65 Å². The summed E-state index contributed by atoms with van der Waals surface area (Å²) in [5.74, 6) is 1.26. The first-order chi connectivity index (χ1) is 10.2. The number of hydrogen-bond acceptors (Lipinski definition) is 5. The lowest BCUT2D eigenvalue weighted by Crippen LogP contribution is -2.27. The molecule has 8 heteroatoms. The van der Waals surface area contributed by atoms with Gasteiger partial charge in [0.15, 0.2) is 5.65 Å². The molecular formula is C13H17F2N5S. The predicted molar refractivity (Wildman–Crippen MR) is 78.9 cm³/mol. The average Bonchev–Trinajstić information content (AvgIpc) is 3.06. The Labute approximate surface area is 125 Å². The molecule has 1 aliphatic rings. The minimum Gasteiger partial charge on any atom is -0.365 e. The minimum absolute atomic E-state index is 0.335. The number of rotatable bonds is 5. The van der Waals surface area contributed by atoms with E-state index in [1.165, 1.54) is 12.8 Å². The van der Waals surface area contributed by atoms with E-state index in [0.29, 0.717) is 22.8 Å². The van der Waals surface area contributed by atoms with Crippen molar-refractivity contribution in [2.45, 2.75) is 43.9 Å². The van der Waals surface area contributed by atoms with Crippen molar-refractivity contribution in [2.75, 3.05) is 11.1 Å². The van der Waals surface area contributed by atoms with Gasteiger partial charge in [-0.05, 0) is 30.7 Å². The number of anilines is 1. The first kappa shape index (κ1) is 14.5. The molecule has 3 rings (SSSR count). The van der Waals surface area contributed by atoms with E-state index < -0.39 is 12.2 Å². The molecule has 5 nitrogen and oxygen atoms in total. The predicted octanol–water partition coefficient (Wildman–Crippen LogP) is 3.15. The lowest BCUT2D eigenvalue weighted by atomic mass is 10.2. The molecule has 2 atom stereocenters. The second kappa shape index (κ2) is 6.13. The van der Waals surface area contributed by atoms with Crippen LogP contribution in [0, 0.1) is 0 Å². The first-order valence-corrected chi connectivity index (χ1v) is 8.12. The number of aromatic nitrogens is 4. The van der Waals surface area contributed by atoms with Crippen molar-refractivity contribution in [3.8, 4) is 0 Å². The van der Waals surface area contributed by atoms with Gasteiger partial charge in [0.25, 0.3) is 6.43 Å². The molecule has 1 saturated carbocycles. The maximum absolute atomic E-state index is 12.8. The molecule has 21 heavy (non-hydrogen) atoms. The van der Waals surface area contributed by atoms with Gasteiger partial charge < -0.3 is 5.32 Å². The SMILES string of the molecule is CCSC1CCCC1Nc1ccc2nnc(C(F)F)n2n1. The van der Waals surface area contributed by atoms with Crippen LogP contribution in [0.15, 0.2) is 12.1 Å². The molecule has 0 saturated heterocycles. The molecule has 2 unspecified atom stereocenters. The Bertz CT molecular complexity index is 618. The zero-order valence-electron chi connectivity index (χ0n) is 11.7. The summed E-state index contributed by atoms with van der Waals surface area (Å²) in [5, 5.41) is 15.3. The Kier molecular flexibility index (Phi) is 4.23. The van der Waals surface area contributed by atoms with E-state index in [9.17, 15) is 8.78 Å². The van der Waals surface area contributed by atoms with Crippen molar-refractivity contribution < 1.29 is 8.78 Å². The fourth-order valence-corrected chi connectivity index (χ4v) is 3.91. The summed E-state index contributed by atoms with van der Waals surface area (Å²) in [6.07, 6.45) is 0.777. The second-order valence-electron chi connectivity index (χ2n) is 5.02. The highest BCUT2D eigenvalue weighted by Gasteiger charge is 2.27. The minimum atomic E-state index is -2.68. The van der Waals surface area contributed by atoms with Gasteiger partial charge in [-0.2, -0.15) is 16.3 Å². The van der Waals surface area contributed by atoms with Crippen molar-refractivity contribution >= 4 is 23.2 Å². The molecule has 2 heterocycles. The van der Waals surface area contributed by atoms with Gasteiger partial charge in [0, 0.05) is 11.3 Å².